The van der Waals surface area contributed by atoms with Gasteiger partial charge in [-0.1, -0.05) is 25.0 Å². The molecule has 1 saturated heterocycles. The number of nitrogens with one attached hydrogen (secondary N) is 2. The molecule has 0 atom stereocenters. The zero-order valence-electron chi connectivity index (χ0n) is 15.5. The summed E-state index contributed by atoms with van der Waals surface area (Å²) in [6, 6.07) is 9.01. The van der Waals surface area contributed by atoms with Gasteiger partial charge in [0, 0.05) is 31.1 Å². The second-order valence-electron chi connectivity index (χ2n) is 7.01. The first-order chi connectivity index (χ1) is 13.1. The van der Waals surface area contributed by atoms with Gasteiger partial charge >= 0.3 is 0 Å². The van der Waals surface area contributed by atoms with Crippen LogP contribution in [0.3, 0.4) is 0 Å². The van der Waals surface area contributed by atoms with E-state index in [0.717, 1.165) is 19.6 Å². The van der Waals surface area contributed by atoms with Crippen LogP contribution in [0.15, 0.2) is 35.1 Å². The average molecular weight is 369 g/mol. The molecule has 2 aromatic rings. The molecule has 7 heteroatoms. The maximum atomic E-state index is 12.3. The molecule has 0 saturated carbocycles. The summed E-state index contributed by atoms with van der Waals surface area (Å²) in [7, 11) is 0. The maximum absolute atomic E-state index is 12.3. The Bertz CT molecular complexity index is 808. The van der Waals surface area contributed by atoms with Gasteiger partial charge in [0.1, 0.15) is 11.6 Å². The smallest absolute Gasteiger partial charge is 0.252 e. The molecule has 1 fully saturated rings. The van der Waals surface area contributed by atoms with Crippen LogP contribution in [0.1, 0.15) is 47.4 Å². The maximum Gasteiger partial charge on any atom is 0.252 e. The Balaban J connectivity index is 1.49. The number of nitrogen functional groups attached to an aromatic ring is 1. The lowest BCUT2D eigenvalue weighted by Gasteiger charge is -2.19. The van der Waals surface area contributed by atoms with Crippen molar-refractivity contribution >= 4 is 11.7 Å². The quantitative estimate of drug-likeness (QED) is 0.719. The molecular weight excluding hydrogens is 342 g/mol. The van der Waals surface area contributed by atoms with Gasteiger partial charge in [-0.3, -0.25) is 14.5 Å². The van der Waals surface area contributed by atoms with Crippen LogP contribution >= 0.6 is 0 Å². The number of nitrogens with zero attached hydrogens (tertiary/aromatic N) is 2. The highest BCUT2D eigenvalue weighted by Gasteiger charge is 2.10. The molecule has 1 aliphatic rings. The standard InChI is InChI=1S/C20H27N5O2/c21-17-13-19(26)24-18(23-17)9-10-22-20(27)16-7-5-15(6-8-16)14-25-11-3-1-2-4-12-25/h5-8,13H,1-4,9-12,14H2,(H,22,27)(H3,21,23,24,26). The molecule has 0 spiro atoms. The molecular formula is C20H27N5O2. The Morgan fingerprint density at radius 2 is 1.85 bits per heavy atom. The lowest BCUT2D eigenvalue weighted by Crippen LogP contribution is -2.27. The van der Waals surface area contributed by atoms with Crippen molar-refractivity contribution in [2.24, 2.45) is 0 Å². The number of amides is 1. The fourth-order valence-electron chi connectivity index (χ4n) is 3.36. The van der Waals surface area contributed by atoms with E-state index in [1.165, 1.54) is 37.3 Å². The Morgan fingerprint density at radius 3 is 2.52 bits per heavy atom. The predicted molar refractivity (Wildman–Crippen MR) is 105 cm³/mol. The van der Waals surface area contributed by atoms with E-state index in [1.807, 2.05) is 24.3 Å². The van der Waals surface area contributed by atoms with Gasteiger partial charge in [0.25, 0.3) is 11.5 Å². The molecule has 4 N–H and O–H groups in total. The minimum atomic E-state index is -0.288. The van der Waals surface area contributed by atoms with Crippen LogP contribution in [0.5, 0.6) is 0 Å². The van der Waals surface area contributed by atoms with Crippen LogP contribution in [-0.2, 0) is 13.0 Å². The molecule has 0 unspecified atom stereocenters. The summed E-state index contributed by atoms with van der Waals surface area (Å²) >= 11 is 0. The predicted octanol–water partition coefficient (Wildman–Crippen LogP) is 1.70. The van der Waals surface area contributed by atoms with E-state index in [4.69, 9.17) is 5.73 Å². The molecule has 3 rings (SSSR count). The highest BCUT2D eigenvalue weighted by atomic mass is 16.1. The summed E-state index contributed by atoms with van der Waals surface area (Å²) in [5.41, 5.74) is 7.12. The van der Waals surface area contributed by atoms with Crippen LogP contribution in [0.25, 0.3) is 0 Å². The molecule has 0 aliphatic carbocycles. The van der Waals surface area contributed by atoms with E-state index in [-0.39, 0.29) is 17.3 Å². The third-order valence-corrected chi connectivity index (χ3v) is 4.78. The Kier molecular flexibility index (Phi) is 6.59. The number of aromatic amines is 1. The summed E-state index contributed by atoms with van der Waals surface area (Å²) in [5, 5.41) is 2.84. The van der Waals surface area contributed by atoms with E-state index < -0.39 is 0 Å². The molecule has 1 aromatic carbocycles. The first-order valence-corrected chi connectivity index (χ1v) is 9.55. The summed E-state index contributed by atoms with van der Waals surface area (Å²) < 4.78 is 0. The minimum Gasteiger partial charge on any atom is -0.383 e. The highest BCUT2D eigenvalue weighted by molar-refractivity contribution is 5.94. The Labute approximate surface area is 159 Å². The molecule has 1 aliphatic heterocycles. The van der Waals surface area contributed by atoms with Crippen LogP contribution < -0.4 is 16.6 Å². The first kappa shape index (κ1) is 19.1. The Hall–Kier alpha value is -2.67. The zero-order chi connectivity index (χ0) is 19.1. The number of likely N-dealkylation sites (tertiary alicyclic amines) is 1. The second-order valence-corrected chi connectivity index (χ2v) is 7.01. The number of hydrogen-bond donors (Lipinski definition) is 3. The number of aromatic nitrogens is 2. The van der Waals surface area contributed by atoms with Crippen LogP contribution in [0.4, 0.5) is 5.82 Å². The van der Waals surface area contributed by atoms with Gasteiger partial charge in [-0.05, 0) is 43.6 Å². The Morgan fingerprint density at radius 1 is 1.15 bits per heavy atom. The number of H-pyrrole nitrogens is 1. The summed E-state index contributed by atoms with van der Waals surface area (Å²) in [4.78, 5) is 32.8. The van der Waals surface area contributed by atoms with Crippen molar-refractivity contribution in [3.8, 4) is 0 Å². The molecule has 7 nitrogen and oxygen atoms in total. The van der Waals surface area contributed by atoms with Gasteiger partial charge in [-0.15, -0.1) is 0 Å². The van der Waals surface area contributed by atoms with Crippen LogP contribution in [0.2, 0.25) is 0 Å². The molecule has 0 bridgehead atoms. The molecule has 2 heterocycles. The van der Waals surface area contributed by atoms with Crippen molar-refractivity contribution < 1.29 is 4.79 Å². The SMILES string of the molecule is Nc1cc(=O)[nH]c(CCNC(=O)c2ccc(CN3CCCCCC3)cc2)n1. The third kappa shape index (κ3) is 5.92. The van der Waals surface area contributed by atoms with Gasteiger partial charge in [-0.2, -0.15) is 0 Å². The van der Waals surface area contributed by atoms with Gasteiger partial charge < -0.3 is 16.0 Å². The van der Waals surface area contributed by atoms with Crippen molar-refractivity contribution in [2.75, 3.05) is 25.4 Å². The van der Waals surface area contributed by atoms with Crippen molar-refractivity contribution in [3.63, 3.8) is 0 Å². The number of carbonyl (C=O) groups is 1. The summed E-state index contributed by atoms with van der Waals surface area (Å²) in [6.45, 7) is 3.63. The number of nitrogens with two attached hydrogens (primary N) is 1. The fraction of sp³-hybridized carbons (Fsp3) is 0.450. The number of rotatable bonds is 6. The van der Waals surface area contributed by atoms with Gasteiger partial charge in [0.2, 0.25) is 0 Å². The molecule has 0 radical (unpaired) electrons. The van der Waals surface area contributed by atoms with Gasteiger partial charge in [-0.25, -0.2) is 4.98 Å². The van der Waals surface area contributed by atoms with Gasteiger partial charge in [0.05, 0.1) is 0 Å². The number of benzene rings is 1. The average Bonchev–Trinajstić information content (AvgIpc) is 2.90. The zero-order valence-corrected chi connectivity index (χ0v) is 15.5. The topological polar surface area (TPSA) is 104 Å². The number of carbonyl (C=O) groups excluding carboxylic acids is 1. The minimum absolute atomic E-state index is 0.137. The van der Waals surface area contributed by atoms with Gasteiger partial charge in [0.15, 0.2) is 0 Å². The van der Waals surface area contributed by atoms with E-state index in [2.05, 4.69) is 20.2 Å². The van der Waals surface area contributed by atoms with Crippen LogP contribution in [0, 0.1) is 0 Å². The van der Waals surface area contributed by atoms with Crippen molar-refractivity contribution in [1.82, 2.24) is 20.2 Å². The van der Waals surface area contributed by atoms with E-state index in [9.17, 15) is 9.59 Å². The monoisotopic (exact) mass is 369 g/mol. The van der Waals surface area contributed by atoms with E-state index in [1.54, 1.807) is 0 Å². The van der Waals surface area contributed by atoms with Crippen LogP contribution in [-0.4, -0.2) is 40.4 Å². The summed E-state index contributed by atoms with van der Waals surface area (Å²) in [6.07, 6.45) is 5.61. The molecule has 1 amide bonds. The normalized spacial score (nSPS) is 15.3. The molecule has 1 aromatic heterocycles. The first-order valence-electron chi connectivity index (χ1n) is 9.55. The van der Waals surface area contributed by atoms with Crippen molar-refractivity contribution in [2.45, 2.75) is 38.6 Å². The fourth-order valence-corrected chi connectivity index (χ4v) is 3.36. The second kappa shape index (κ2) is 9.32. The molecule has 144 valence electrons. The number of hydrogen-bond acceptors (Lipinski definition) is 5. The lowest BCUT2D eigenvalue weighted by molar-refractivity contribution is 0.0954. The van der Waals surface area contributed by atoms with E-state index in [0.29, 0.717) is 24.4 Å². The largest absolute Gasteiger partial charge is 0.383 e. The highest BCUT2D eigenvalue weighted by Crippen LogP contribution is 2.14. The summed E-state index contributed by atoms with van der Waals surface area (Å²) in [5.74, 6) is 0.510. The lowest BCUT2D eigenvalue weighted by atomic mass is 10.1. The van der Waals surface area contributed by atoms with Crippen molar-refractivity contribution in [1.29, 1.82) is 0 Å². The van der Waals surface area contributed by atoms with E-state index >= 15 is 0 Å². The van der Waals surface area contributed by atoms with Crippen molar-refractivity contribution in [3.05, 3.63) is 57.6 Å². The third-order valence-electron chi connectivity index (χ3n) is 4.78. The number of anilines is 1. The molecule has 27 heavy (non-hydrogen) atoms.